The lowest BCUT2D eigenvalue weighted by atomic mass is 10.1. The molecule has 2 aliphatic rings. The fraction of sp³-hybridized carbons (Fsp3) is 0.444. The first-order valence-electron chi connectivity index (χ1n) is 8.79. The van der Waals surface area contributed by atoms with E-state index in [1.807, 2.05) is 11.9 Å². The summed E-state index contributed by atoms with van der Waals surface area (Å²) in [4.78, 5) is 45.4. The molecule has 1 fully saturated rings. The van der Waals surface area contributed by atoms with Crippen molar-refractivity contribution in [2.75, 3.05) is 51.6 Å². The van der Waals surface area contributed by atoms with Crippen LogP contribution in [0, 0.1) is 0 Å². The number of nitrogens with zero attached hydrogens (tertiary/aromatic N) is 4. The van der Waals surface area contributed by atoms with Gasteiger partial charge in [-0.15, -0.1) is 12.4 Å². The van der Waals surface area contributed by atoms with Crippen molar-refractivity contribution in [1.82, 2.24) is 19.7 Å². The third-order valence-electron chi connectivity index (χ3n) is 4.64. The van der Waals surface area contributed by atoms with Crippen LogP contribution in [0.3, 0.4) is 0 Å². The summed E-state index contributed by atoms with van der Waals surface area (Å²) < 4.78 is 0. The van der Waals surface area contributed by atoms with Crippen LogP contribution in [0.4, 0.5) is 5.82 Å². The summed E-state index contributed by atoms with van der Waals surface area (Å²) in [5, 5.41) is 11.5. The largest absolute Gasteiger partial charge is 0.478 e. The van der Waals surface area contributed by atoms with E-state index in [-0.39, 0.29) is 37.3 Å². The fourth-order valence-corrected chi connectivity index (χ4v) is 3.15. The standard InChI is InChI=1S/C18H23N5O4.ClH/c1-21-4-6-23(7-5-21)16(25)12-22-10-14-8-13(2-3-17(26)27)9-19-18(14)20-15(24)11-22;/h2-3,8-9H,4-7,10-12H2,1H3,(H,26,27)(H,19,20,24);1H. The van der Waals surface area contributed by atoms with Crippen molar-refractivity contribution in [2.45, 2.75) is 6.54 Å². The van der Waals surface area contributed by atoms with Crippen LogP contribution in [0.15, 0.2) is 18.3 Å². The van der Waals surface area contributed by atoms with E-state index in [2.05, 4.69) is 15.2 Å². The Morgan fingerprint density at radius 2 is 1.96 bits per heavy atom. The van der Waals surface area contributed by atoms with E-state index >= 15 is 0 Å². The zero-order valence-corrected chi connectivity index (χ0v) is 16.4. The van der Waals surface area contributed by atoms with Crippen molar-refractivity contribution < 1.29 is 19.5 Å². The third kappa shape index (κ3) is 5.75. The zero-order chi connectivity index (χ0) is 19.4. The van der Waals surface area contributed by atoms with Crippen molar-refractivity contribution in [3.05, 3.63) is 29.5 Å². The number of aliphatic carboxylic acids is 1. The molecule has 0 unspecified atom stereocenters. The second-order valence-corrected chi connectivity index (χ2v) is 6.83. The molecule has 0 atom stereocenters. The summed E-state index contributed by atoms with van der Waals surface area (Å²) in [5.41, 5.74) is 1.37. The van der Waals surface area contributed by atoms with Crippen molar-refractivity contribution in [3.8, 4) is 0 Å². The molecule has 152 valence electrons. The number of anilines is 1. The summed E-state index contributed by atoms with van der Waals surface area (Å²) in [6, 6.07) is 1.78. The molecule has 0 bridgehead atoms. The van der Waals surface area contributed by atoms with Crippen LogP contribution < -0.4 is 5.32 Å². The number of carboxylic acids is 1. The van der Waals surface area contributed by atoms with E-state index in [1.54, 1.807) is 11.0 Å². The number of carbonyl (C=O) groups excluding carboxylic acids is 2. The first-order chi connectivity index (χ1) is 12.9. The molecular formula is C18H24ClN5O4. The van der Waals surface area contributed by atoms with Gasteiger partial charge in [0, 0.05) is 50.6 Å². The number of nitrogens with one attached hydrogen (secondary N) is 1. The average molecular weight is 410 g/mol. The molecule has 0 aliphatic carbocycles. The van der Waals surface area contributed by atoms with Crippen LogP contribution in [0.1, 0.15) is 11.1 Å². The number of hydrogen-bond donors (Lipinski definition) is 2. The van der Waals surface area contributed by atoms with Crippen LogP contribution >= 0.6 is 12.4 Å². The molecule has 1 saturated heterocycles. The molecule has 0 saturated carbocycles. The van der Waals surface area contributed by atoms with Crippen molar-refractivity contribution in [1.29, 1.82) is 0 Å². The summed E-state index contributed by atoms with van der Waals surface area (Å²) in [5.74, 6) is -0.810. The molecule has 2 aliphatic heterocycles. The van der Waals surface area contributed by atoms with Gasteiger partial charge in [0.2, 0.25) is 11.8 Å². The maximum absolute atomic E-state index is 12.6. The number of fused-ring (bicyclic) bond motifs is 1. The van der Waals surface area contributed by atoms with Gasteiger partial charge in [-0.05, 0) is 24.8 Å². The van der Waals surface area contributed by atoms with E-state index in [9.17, 15) is 14.4 Å². The number of halogens is 1. The maximum Gasteiger partial charge on any atom is 0.328 e. The van der Waals surface area contributed by atoms with Gasteiger partial charge in [0.15, 0.2) is 0 Å². The highest BCUT2D eigenvalue weighted by Crippen LogP contribution is 2.20. The lowest BCUT2D eigenvalue weighted by Crippen LogP contribution is -2.50. The highest BCUT2D eigenvalue weighted by atomic mass is 35.5. The van der Waals surface area contributed by atoms with Gasteiger partial charge in [0.1, 0.15) is 5.82 Å². The molecule has 1 aromatic heterocycles. The first-order valence-corrected chi connectivity index (χ1v) is 8.79. The first kappa shape index (κ1) is 21.8. The van der Waals surface area contributed by atoms with E-state index in [0.717, 1.165) is 24.7 Å². The molecule has 0 spiro atoms. The normalized spacial score (nSPS) is 18.2. The Labute approximate surface area is 169 Å². The van der Waals surface area contributed by atoms with Crippen LogP contribution in [-0.2, 0) is 20.9 Å². The van der Waals surface area contributed by atoms with E-state index in [4.69, 9.17) is 5.11 Å². The number of amides is 2. The molecule has 3 rings (SSSR count). The number of carboxylic acid groups (broad SMARTS) is 1. The topological polar surface area (TPSA) is 106 Å². The van der Waals surface area contributed by atoms with E-state index in [0.29, 0.717) is 31.0 Å². The number of hydrogen-bond acceptors (Lipinski definition) is 6. The minimum atomic E-state index is -1.04. The monoisotopic (exact) mass is 409 g/mol. The summed E-state index contributed by atoms with van der Waals surface area (Å²) >= 11 is 0. The predicted octanol–water partition coefficient (Wildman–Crippen LogP) is 0.129. The van der Waals surface area contributed by atoms with Crippen molar-refractivity contribution in [2.24, 2.45) is 0 Å². The number of likely N-dealkylation sites (N-methyl/N-ethyl adjacent to an activating group) is 1. The zero-order valence-electron chi connectivity index (χ0n) is 15.6. The van der Waals surface area contributed by atoms with Gasteiger partial charge < -0.3 is 20.2 Å². The van der Waals surface area contributed by atoms with Gasteiger partial charge in [-0.3, -0.25) is 14.5 Å². The van der Waals surface area contributed by atoms with Gasteiger partial charge in [-0.1, -0.05) is 0 Å². The minimum Gasteiger partial charge on any atom is -0.478 e. The highest BCUT2D eigenvalue weighted by Gasteiger charge is 2.25. The molecule has 2 N–H and O–H groups in total. The van der Waals surface area contributed by atoms with Crippen LogP contribution in [0.25, 0.3) is 6.08 Å². The Morgan fingerprint density at radius 1 is 1.25 bits per heavy atom. The van der Waals surface area contributed by atoms with Crippen molar-refractivity contribution >= 4 is 42.1 Å². The van der Waals surface area contributed by atoms with Crippen LogP contribution in [0.2, 0.25) is 0 Å². The maximum atomic E-state index is 12.6. The second-order valence-electron chi connectivity index (χ2n) is 6.83. The molecule has 3 heterocycles. The lowest BCUT2D eigenvalue weighted by molar-refractivity contribution is -0.134. The molecule has 0 aromatic carbocycles. The van der Waals surface area contributed by atoms with Gasteiger partial charge >= 0.3 is 5.97 Å². The number of pyridine rings is 1. The van der Waals surface area contributed by atoms with Gasteiger partial charge in [-0.2, -0.15) is 0 Å². The highest BCUT2D eigenvalue weighted by molar-refractivity contribution is 5.93. The number of aromatic nitrogens is 1. The van der Waals surface area contributed by atoms with Gasteiger partial charge in [0.25, 0.3) is 0 Å². The molecule has 0 radical (unpaired) electrons. The van der Waals surface area contributed by atoms with Crippen LogP contribution in [-0.4, -0.2) is 88.9 Å². The fourth-order valence-electron chi connectivity index (χ4n) is 3.15. The molecule has 2 amide bonds. The summed E-state index contributed by atoms with van der Waals surface area (Å²) in [7, 11) is 2.03. The number of piperazine rings is 1. The Kier molecular flexibility index (Phi) is 7.50. The minimum absolute atomic E-state index is 0. The Morgan fingerprint density at radius 3 is 2.64 bits per heavy atom. The predicted molar refractivity (Wildman–Crippen MR) is 106 cm³/mol. The molecule has 9 nitrogen and oxygen atoms in total. The summed E-state index contributed by atoms with van der Waals surface area (Å²) in [6.45, 7) is 3.73. The van der Waals surface area contributed by atoms with Crippen molar-refractivity contribution in [3.63, 3.8) is 0 Å². The van der Waals surface area contributed by atoms with E-state index < -0.39 is 5.97 Å². The lowest BCUT2D eigenvalue weighted by Gasteiger charge is -2.33. The molecule has 28 heavy (non-hydrogen) atoms. The molecular weight excluding hydrogens is 386 g/mol. The SMILES string of the molecule is CN1CCN(C(=O)CN2CC(=O)Nc3ncc(C=CC(=O)O)cc3C2)CC1.Cl. The quantitative estimate of drug-likeness (QED) is 0.681. The Hall–Kier alpha value is -2.49. The second kappa shape index (κ2) is 9.63. The molecule has 10 heteroatoms. The Bertz CT molecular complexity index is 777. The smallest absolute Gasteiger partial charge is 0.328 e. The molecule has 1 aromatic rings. The average Bonchev–Trinajstić information content (AvgIpc) is 2.77. The van der Waals surface area contributed by atoms with Gasteiger partial charge in [0.05, 0.1) is 13.1 Å². The van der Waals surface area contributed by atoms with Gasteiger partial charge in [-0.25, -0.2) is 9.78 Å². The number of carbonyl (C=O) groups is 3. The number of rotatable bonds is 4. The van der Waals surface area contributed by atoms with Crippen LogP contribution in [0.5, 0.6) is 0 Å². The van der Waals surface area contributed by atoms with E-state index in [1.165, 1.54) is 12.3 Å². The third-order valence-corrected chi connectivity index (χ3v) is 4.64. The summed E-state index contributed by atoms with van der Waals surface area (Å²) in [6.07, 6.45) is 3.99. The Balaban J connectivity index is 0.00000280.